The molecule has 2 heteroatoms. The number of methoxy groups -OCH3 is 1. The maximum absolute atomic E-state index is 4.96. The lowest BCUT2D eigenvalue weighted by molar-refractivity contribution is 0.285. The zero-order chi connectivity index (χ0) is 8.15. The average Bonchev–Trinajstić information content (AvgIpc) is 1.85. The molecule has 0 saturated carbocycles. The number of thioether (sulfide) groups is 1. The van der Waals surface area contributed by atoms with Gasteiger partial charge in [-0.15, -0.1) is 11.8 Å². The highest BCUT2D eigenvalue weighted by molar-refractivity contribution is 8.03. The molecule has 0 fully saturated rings. The molecule has 0 aromatic heterocycles. The van der Waals surface area contributed by atoms with Crippen LogP contribution in [-0.2, 0) is 4.74 Å². The summed E-state index contributed by atoms with van der Waals surface area (Å²) in [5.74, 6) is 0.799. The lowest BCUT2D eigenvalue weighted by Gasteiger charge is -2.11. The van der Waals surface area contributed by atoms with Gasteiger partial charge in [0.05, 0.1) is 12.4 Å². The van der Waals surface area contributed by atoms with Gasteiger partial charge in [0.15, 0.2) is 0 Å². The maximum Gasteiger partial charge on any atom is 0.101 e. The van der Waals surface area contributed by atoms with E-state index in [-0.39, 0.29) is 0 Å². The zero-order valence-corrected chi connectivity index (χ0v) is 7.62. The minimum atomic E-state index is 0.308. The van der Waals surface area contributed by atoms with Crippen molar-refractivity contribution in [2.45, 2.75) is 19.1 Å². The van der Waals surface area contributed by atoms with Crippen molar-refractivity contribution in [3.63, 3.8) is 0 Å². The Labute approximate surface area is 67.2 Å². The highest BCUT2D eigenvalue weighted by Crippen LogP contribution is 2.23. The lowest BCUT2D eigenvalue weighted by Crippen LogP contribution is -2.00. The molecule has 0 aromatic carbocycles. The zero-order valence-electron chi connectivity index (χ0n) is 6.81. The van der Waals surface area contributed by atoms with Crippen LogP contribution < -0.4 is 0 Å². The highest BCUT2D eigenvalue weighted by atomic mass is 32.2. The summed E-state index contributed by atoms with van der Waals surface area (Å²) in [6.45, 7) is 11.5. The fourth-order valence-electron chi connectivity index (χ4n) is 0.533. The van der Waals surface area contributed by atoms with Gasteiger partial charge in [-0.1, -0.05) is 13.2 Å². The predicted molar refractivity (Wildman–Crippen MR) is 48.0 cm³/mol. The van der Waals surface area contributed by atoms with Gasteiger partial charge >= 0.3 is 0 Å². The van der Waals surface area contributed by atoms with Crippen molar-refractivity contribution in [3.8, 4) is 0 Å². The Morgan fingerprint density at radius 3 is 2.30 bits per heavy atom. The van der Waals surface area contributed by atoms with E-state index in [0.29, 0.717) is 5.25 Å². The topological polar surface area (TPSA) is 9.23 Å². The highest BCUT2D eigenvalue weighted by Gasteiger charge is 2.06. The van der Waals surface area contributed by atoms with E-state index in [1.807, 2.05) is 13.8 Å². The van der Waals surface area contributed by atoms with Gasteiger partial charge in [0, 0.05) is 0 Å². The normalized spacial score (nSPS) is 12.3. The number of rotatable bonds is 4. The smallest absolute Gasteiger partial charge is 0.101 e. The third kappa shape index (κ3) is 3.62. The molecule has 58 valence electrons. The van der Waals surface area contributed by atoms with Crippen molar-refractivity contribution in [1.82, 2.24) is 0 Å². The van der Waals surface area contributed by atoms with Crippen LogP contribution in [0.3, 0.4) is 0 Å². The molecule has 0 saturated heterocycles. The number of hydrogen-bond donors (Lipinski definition) is 0. The first kappa shape index (κ1) is 9.63. The molecule has 0 aromatic rings. The van der Waals surface area contributed by atoms with Crippen LogP contribution in [0.2, 0.25) is 0 Å². The third-order valence-electron chi connectivity index (χ3n) is 1.09. The molecule has 0 N–H and O–H groups in total. The quantitative estimate of drug-likeness (QED) is 0.582. The molecule has 0 aliphatic heterocycles. The molecule has 10 heavy (non-hydrogen) atoms. The Hall–Kier alpha value is -0.370. The van der Waals surface area contributed by atoms with Gasteiger partial charge in [-0.25, -0.2) is 0 Å². The Bertz CT molecular complexity index is 140. The van der Waals surface area contributed by atoms with Crippen LogP contribution in [0.4, 0.5) is 0 Å². The van der Waals surface area contributed by atoms with Crippen molar-refractivity contribution < 1.29 is 4.74 Å². The molecule has 1 nitrogen and oxygen atoms in total. The Morgan fingerprint density at radius 1 is 1.50 bits per heavy atom. The molecule has 1 atom stereocenters. The Kier molecular flexibility index (Phi) is 4.28. The second kappa shape index (κ2) is 4.45. The van der Waals surface area contributed by atoms with E-state index >= 15 is 0 Å². The molecule has 0 spiro atoms. The molecule has 0 amide bonds. The van der Waals surface area contributed by atoms with Gasteiger partial charge in [0.2, 0.25) is 0 Å². The number of allylic oxidation sites excluding steroid dienone is 1. The minimum Gasteiger partial charge on any atom is -0.501 e. The first-order chi connectivity index (χ1) is 4.57. The van der Waals surface area contributed by atoms with Crippen molar-refractivity contribution >= 4 is 11.8 Å². The van der Waals surface area contributed by atoms with Gasteiger partial charge < -0.3 is 4.74 Å². The SMILES string of the molecule is C=C(C)SC(C)C(=C)OC. The van der Waals surface area contributed by atoms with Crippen LogP contribution in [0.25, 0.3) is 0 Å². The minimum absolute atomic E-state index is 0.308. The summed E-state index contributed by atoms with van der Waals surface area (Å²) in [6.07, 6.45) is 0. The molecule has 0 rings (SSSR count). The van der Waals surface area contributed by atoms with Gasteiger partial charge in [-0.2, -0.15) is 0 Å². The molecular weight excluding hydrogens is 144 g/mol. The summed E-state index contributed by atoms with van der Waals surface area (Å²) in [5, 5.41) is 0.308. The average molecular weight is 158 g/mol. The van der Waals surface area contributed by atoms with Gasteiger partial charge in [0.1, 0.15) is 5.76 Å². The van der Waals surface area contributed by atoms with Crippen molar-refractivity contribution in [1.29, 1.82) is 0 Å². The molecule has 0 radical (unpaired) electrons. The van der Waals surface area contributed by atoms with Crippen LogP contribution in [0.1, 0.15) is 13.8 Å². The monoisotopic (exact) mass is 158 g/mol. The van der Waals surface area contributed by atoms with Gasteiger partial charge in [0.25, 0.3) is 0 Å². The van der Waals surface area contributed by atoms with Crippen LogP contribution in [0.15, 0.2) is 23.8 Å². The molecule has 0 bridgehead atoms. The van der Waals surface area contributed by atoms with Crippen molar-refractivity contribution in [2.75, 3.05) is 7.11 Å². The second-order valence-corrected chi connectivity index (χ2v) is 3.77. The summed E-state index contributed by atoms with van der Waals surface area (Å²) in [6, 6.07) is 0. The van der Waals surface area contributed by atoms with Crippen LogP contribution in [-0.4, -0.2) is 12.4 Å². The van der Waals surface area contributed by atoms with Gasteiger partial charge in [-0.05, 0) is 18.8 Å². The summed E-state index contributed by atoms with van der Waals surface area (Å²) in [4.78, 5) is 1.09. The van der Waals surface area contributed by atoms with E-state index in [1.54, 1.807) is 18.9 Å². The fraction of sp³-hybridized carbons (Fsp3) is 0.500. The molecule has 1 unspecified atom stereocenters. The molecule has 0 aliphatic carbocycles. The van der Waals surface area contributed by atoms with E-state index in [1.165, 1.54) is 0 Å². The first-order valence-electron chi connectivity index (χ1n) is 3.13. The second-order valence-electron chi connectivity index (χ2n) is 2.13. The van der Waals surface area contributed by atoms with E-state index < -0.39 is 0 Å². The summed E-state index contributed by atoms with van der Waals surface area (Å²) >= 11 is 1.67. The first-order valence-corrected chi connectivity index (χ1v) is 4.00. The molecule has 0 aliphatic rings. The van der Waals surface area contributed by atoms with E-state index in [2.05, 4.69) is 13.2 Å². The van der Waals surface area contributed by atoms with E-state index in [0.717, 1.165) is 10.7 Å². The van der Waals surface area contributed by atoms with Gasteiger partial charge in [-0.3, -0.25) is 0 Å². The van der Waals surface area contributed by atoms with E-state index in [9.17, 15) is 0 Å². The Balaban J connectivity index is 3.72. The number of hydrogen-bond acceptors (Lipinski definition) is 2. The van der Waals surface area contributed by atoms with E-state index in [4.69, 9.17) is 4.74 Å². The summed E-state index contributed by atoms with van der Waals surface area (Å²) in [7, 11) is 1.64. The lowest BCUT2D eigenvalue weighted by atomic mass is 10.4. The van der Waals surface area contributed by atoms with Crippen molar-refractivity contribution in [2.24, 2.45) is 0 Å². The fourth-order valence-corrected chi connectivity index (χ4v) is 1.36. The van der Waals surface area contributed by atoms with Crippen LogP contribution in [0.5, 0.6) is 0 Å². The van der Waals surface area contributed by atoms with Crippen molar-refractivity contribution in [3.05, 3.63) is 23.8 Å². The third-order valence-corrected chi connectivity index (χ3v) is 2.11. The van der Waals surface area contributed by atoms with Crippen LogP contribution in [0, 0.1) is 0 Å². The molecule has 0 heterocycles. The summed E-state index contributed by atoms with van der Waals surface area (Å²) in [5.41, 5.74) is 0. The molecular formula is C8H14OS. The maximum atomic E-state index is 4.96. The number of ether oxygens (including phenoxy) is 1. The summed E-state index contributed by atoms with van der Waals surface area (Å²) < 4.78 is 4.96. The standard InChI is InChI=1S/C8H14OS/c1-6(2)10-8(4)7(3)9-5/h8H,1,3H2,2,4-5H3. The predicted octanol–water partition coefficient (Wildman–Crippen LogP) is 2.80. The van der Waals surface area contributed by atoms with Crippen LogP contribution >= 0.6 is 11.8 Å². The Morgan fingerprint density at radius 2 is 2.00 bits per heavy atom. The largest absolute Gasteiger partial charge is 0.501 e.